The zero-order valence-electron chi connectivity index (χ0n) is 6.73. The van der Waals surface area contributed by atoms with E-state index in [0.29, 0.717) is 6.42 Å². The first-order valence-corrected chi connectivity index (χ1v) is 3.69. The van der Waals surface area contributed by atoms with E-state index in [0.717, 1.165) is 0 Å². The molecule has 4 nitrogen and oxygen atoms in total. The van der Waals surface area contributed by atoms with Gasteiger partial charge in [0.25, 0.3) is 0 Å². The minimum absolute atomic E-state index is 0.190. The summed E-state index contributed by atoms with van der Waals surface area (Å²) in [5.74, 6) is 0. The van der Waals surface area contributed by atoms with Gasteiger partial charge in [-0.05, 0) is 6.92 Å². The number of methoxy groups -OCH3 is 1. The molecule has 1 saturated heterocycles. The lowest BCUT2D eigenvalue weighted by Crippen LogP contribution is -2.33. The fourth-order valence-corrected chi connectivity index (χ4v) is 1.31. The summed E-state index contributed by atoms with van der Waals surface area (Å²) in [4.78, 5) is 0. The maximum Gasteiger partial charge on any atom is 0.157 e. The minimum atomic E-state index is -0.792. The molecular weight excluding hydrogens is 148 g/mol. The highest BCUT2D eigenvalue weighted by Crippen LogP contribution is 2.23. The van der Waals surface area contributed by atoms with E-state index < -0.39 is 18.5 Å². The lowest BCUT2D eigenvalue weighted by atomic mass is 10.1. The van der Waals surface area contributed by atoms with Crippen LogP contribution in [0.2, 0.25) is 0 Å². The summed E-state index contributed by atoms with van der Waals surface area (Å²) >= 11 is 0. The van der Waals surface area contributed by atoms with Crippen LogP contribution >= 0.6 is 0 Å². The Morgan fingerprint density at radius 3 is 2.64 bits per heavy atom. The largest absolute Gasteiger partial charge is 0.391 e. The quantitative estimate of drug-likeness (QED) is 0.574. The van der Waals surface area contributed by atoms with Crippen LogP contribution < -0.4 is 0 Å². The van der Waals surface area contributed by atoms with Gasteiger partial charge in [0.1, 0.15) is 6.10 Å². The predicted octanol–water partition coefficient (Wildman–Crippen LogP) is -0.510. The Kier molecular flexibility index (Phi) is 2.84. The fourth-order valence-electron chi connectivity index (χ4n) is 1.31. The summed E-state index contributed by atoms with van der Waals surface area (Å²) in [5.41, 5.74) is 0. The van der Waals surface area contributed by atoms with Crippen LogP contribution in [0, 0.1) is 0 Å². The van der Waals surface area contributed by atoms with Gasteiger partial charge in [0.2, 0.25) is 0 Å². The summed E-state index contributed by atoms with van der Waals surface area (Å²) in [6.45, 7) is 1.62. The monoisotopic (exact) mass is 162 g/mol. The number of hydrogen-bond donors (Lipinski definition) is 2. The van der Waals surface area contributed by atoms with Gasteiger partial charge in [0, 0.05) is 13.5 Å². The van der Waals surface area contributed by atoms with E-state index in [1.165, 1.54) is 0 Å². The van der Waals surface area contributed by atoms with Crippen molar-refractivity contribution in [1.82, 2.24) is 0 Å². The van der Waals surface area contributed by atoms with Crippen LogP contribution in [-0.4, -0.2) is 41.9 Å². The van der Waals surface area contributed by atoms with E-state index in [2.05, 4.69) is 0 Å². The zero-order valence-corrected chi connectivity index (χ0v) is 6.73. The number of ether oxygens (including phenoxy) is 2. The maximum atomic E-state index is 9.16. The molecule has 1 aliphatic heterocycles. The second-order valence-corrected chi connectivity index (χ2v) is 2.81. The fraction of sp³-hybridized carbons (Fsp3) is 1.00. The third-order valence-electron chi connectivity index (χ3n) is 1.89. The highest BCUT2D eigenvalue weighted by molar-refractivity contribution is 4.82. The highest BCUT2D eigenvalue weighted by Gasteiger charge is 2.37. The lowest BCUT2D eigenvalue weighted by molar-refractivity contribution is -0.128. The van der Waals surface area contributed by atoms with Crippen LogP contribution in [0.5, 0.6) is 0 Å². The van der Waals surface area contributed by atoms with E-state index >= 15 is 0 Å². The molecule has 0 unspecified atom stereocenters. The van der Waals surface area contributed by atoms with Crippen molar-refractivity contribution in [2.75, 3.05) is 7.11 Å². The van der Waals surface area contributed by atoms with Gasteiger partial charge in [-0.25, -0.2) is 0 Å². The summed E-state index contributed by atoms with van der Waals surface area (Å²) < 4.78 is 10.0. The van der Waals surface area contributed by atoms with Crippen molar-refractivity contribution in [2.45, 2.75) is 37.9 Å². The molecule has 0 aromatic heterocycles. The van der Waals surface area contributed by atoms with Gasteiger partial charge in [0.05, 0.1) is 12.2 Å². The van der Waals surface area contributed by atoms with Crippen LogP contribution in [0.3, 0.4) is 0 Å². The van der Waals surface area contributed by atoms with Crippen molar-refractivity contribution in [3.8, 4) is 0 Å². The Labute approximate surface area is 65.7 Å². The molecule has 0 saturated carbocycles. The smallest absolute Gasteiger partial charge is 0.157 e. The number of aliphatic hydroxyl groups excluding tert-OH is 2. The van der Waals surface area contributed by atoms with Crippen LogP contribution in [0.25, 0.3) is 0 Å². The first kappa shape index (κ1) is 8.93. The second kappa shape index (κ2) is 3.49. The molecule has 0 amide bonds. The molecule has 1 fully saturated rings. The van der Waals surface area contributed by atoms with Crippen molar-refractivity contribution >= 4 is 0 Å². The van der Waals surface area contributed by atoms with Crippen molar-refractivity contribution in [1.29, 1.82) is 0 Å². The van der Waals surface area contributed by atoms with Gasteiger partial charge in [-0.1, -0.05) is 0 Å². The molecule has 66 valence electrons. The predicted molar refractivity (Wildman–Crippen MR) is 38.0 cm³/mol. The molecule has 0 spiro atoms. The van der Waals surface area contributed by atoms with Crippen LogP contribution in [0.4, 0.5) is 0 Å². The highest BCUT2D eigenvalue weighted by atomic mass is 16.6. The standard InChI is InChI=1S/C7H14O4/c1-4(8)7-5(10-2)3-6(9)11-7/h4-9H,3H2,1-2H3/t4-,5-,6-,7-/m0/s1. The van der Waals surface area contributed by atoms with E-state index in [9.17, 15) is 0 Å². The van der Waals surface area contributed by atoms with E-state index in [4.69, 9.17) is 19.7 Å². The molecule has 11 heavy (non-hydrogen) atoms. The Morgan fingerprint density at radius 1 is 1.64 bits per heavy atom. The van der Waals surface area contributed by atoms with Crippen molar-refractivity contribution in [3.05, 3.63) is 0 Å². The Morgan fingerprint density at radius 2 is 2.27 bits per heavy atom. The summed E-state index contributed by atoms with van der Waals surface area (Å²) in [5, 5.41) is 18.2. The minimum Gasteiger partial charge on any atom is -0.391 e. The van der Waals surface area contributed by atoms with Crippen molar-refractivity contribution in [2.24, 2.45) is 0 Å². The van der Waals surface area contributed by atoms with Gasteiger partial charge in [-0.15, -0.1) is 0 Å². The van der Waals surface area contributed by atoms with Crippen molar-refractivity contribution < 1.29 is 19.7 Å². The second-order valence-electron chi connectivity index (χ2n) is 2.81. The molecule has 0 aliphatic carbocycles. The SMILES string of the molecule is CO[C@H]1C[C@@H](O)O[C@H]1[C@H](C)O. The van der Waals surface area contributed by atoms with E-state index in [-0.39, 0.29) is 6.10 Å². The Hall–Kier alpha value is -0.160. The molecule has 0 bridgehead atoms. The zero-order chi connectivity index (χ0) is 8.43. The summed E-state index contributed by atoms with van der Waals surface area (Å²) in [6, 6.07) is 0. The summed E-state index contributed by atoms with van der Waals surface area (Å²) in [7, 11) is 1.54. The molecule has 2 N–H and O–H groups in total. The molecule has 4 heteroatoms. The van der Waals surface area contributed by atoms with Gasteiger partial charge in [0.15, 0.2) is 6.29 Å². The average molecular weight is 162 g/mol. The molecule has 1 aliphatic rings. The average Bonchev–Trinajstić information content (AvgIpc) is 2.30. The normalized spacial score (nSPS) is 40.9. The number of aliphatic hydroxyl groups is 2. The first-order valence-electron chi connectivity index (χ1n) is 3.69. The number of hydrogen-bond acceptors (Lipinski definition) is 4. The van der Waals surface area contributed by atoms with Crippen LogP contribution in [0.15, 0.2) is 0 Å². The molecule has 0 aromatic carbocycles. The molecule has 1 rings (SSSR count). The third-order valence-corrected chi connectivity index (χ3v) is 1.89. The first-order chi connectivity index (χ1) is 5.15. The third kappa shape index (κ3) is 1.90. The lowest BCUT2D eigenvalue weighted by Gasteiger charge is -2.18. The van der Waals surface area contributed by atoms with E-state index in [1.807, 2.05) is 0 Å². The Bertz CT molecular complexity index is 126. The van der Waals surface area contributed by atoms with Gasteiger partial charge in [-0.2, -0.15) is 0 Å². The molecule has 0 aromatic rings. The van der Waals surface area contributed by atoms with Crippen LogP contribution in [-0.2, 0) is 9.47 Å². The molecule has 4 atom stereocenters. The maximum absolute atomic E-state index is 9.16. The Balaban J connectivity index is 2.50. The molecule has 1 heterocycles. The number of rotatable bonds is 2. The van der Waals surface area contributed by atoms with Gasteiger partial charge in [-0.3, -0.25) is 0 Å². The molecule has 0 radical (unpaired) electrons. The van der Waals surface area contributed by atoms with Gasteiger partial charge < -0.3 is 19.7 Å². The summed E-state index contributed by atoms with van der Waals surface area (Å²) in [6.07, 6.45) is -1.54. The van der Waals surface area contributed by atoms with Crippen molar-refractivity contribution in [3.63, 3.8) is 0 Å². The molecular formula is C7H14O4. The van der Waals surface area contributed by atoms with Gasteiger partial charge >= 0.3 is 0 Å². The topological polar surface area (TPSA) is 58.9 Å². The van der Waals surface area contributed by atoms with Crippen LogP contribution in [0.1, 0.15) is 13.3 Å². The van der Waals surface area contributed by atoms with E-state index in [1.54, 1.807) is 14.0 Å².